The summed E-state index contributed by atoms with van der Waals surface area (Å²) in [6, 6.07) is 6.11. The quantitative estimate of drug-likeness (QED) is 0.508. The van der Waals surface area contributed by atoms with Crippen LogP contribution in [0.2, 0.25) is 0 Å². The highest BCUT2D eigenvalue weighted by molar-refractivity contribution is 7.91. The van der Waals surface area contributed by atoms with E-state index in [0.717, 1.165) is 57.6 Å². The Balaban J connectivity index is 1.43. The van der Waals surface area contributed by atoms with Gasteiger partial charge in [-0.3, -0.25) is 4.98 Å². The molecular formula is C24H23N5O2S. The first-order valence-corrected chi connectivity index (χ1v) is 12.8. The smallest absolute Gasteiger partial charge is 0.165 e. The van der Waals surface area contributed by atoms with Gasteiger partial charge < -0.3 is 4.98 Å². The van der Waals surface area contributed by atoms with Crippen molar-refractivity contribution < 1.29 is 8.42 Å². The van der Waals surface area contributed by atoms with Gasteiger partial charge in [0.15, 0.2) is 5.65 Å². The summed E-state index contributed by atoms with van der Waals surface area (Å²) in [4.78, 5) is 13.0. The topological polar surface area (TPSA) is 93.0 Å². The van der Waals surface area contributed by atoms with E-state index in [1.807, 2.05) is 35.2 Å². The van der Waals surface area contributed by atoms with Crippen molar-refractivity contribution in [3.05, 3.63) is 66.4 Å². The molecule has 1 saturated heterocycles. The molecule has 0 spiro atoms. The molecule has 0 unspecified atom stereocenters. The number of rotatable bonds is 3. The Morgan fingerprint density at radius 1 is 1.06 bits per heavy atom. The second kappa shape index (κ2) is 7.41. The maximum atomic E-state index is 11.9. The summed E-state index contributed by atoms with van der Waals surface area (Å²) in [7, 11) is -2.93. The molecule has 5 heterocycles. The van der Waals surface area contributed by atoms with Crippen LogP contribution in [0.25, 0.3) is 33.4 Å². The van der Waals surface area contributed by atoms with Crippen molar-refractivity contribution in [2.75, 3.05) is 11.5 Å². The first-order chi connectivity index (χ1) is 15.6. The van der Waals surface area contributed by atoms with Crippen LogP contribution in [0.5, 0.6) is 0 Å². The number of aromatic amines is 1. The van der Waals surface area contributed by atoms with E-state index in [9.17, 15) is 8.42 Å². The number of nitrogens with one attached hydrogen (secondary N) is 1. The van der Waals surface area contributed by atoms with Gasteiger partial charge in [-0.25, -0.2) is 13.4 Å². The normalized spacial score (nSPS) is 18.9. The van der Waals surface area contributed by atoms with Crippen LogP contribution in [0.4, 0.5) is 0 Å². The molecule has 0 saturated carbocycles. The minimum absolute atomic E-state index is 0.120. The van der Waals surface area contributed by atoms with Gasteiger partial charge in [0.05, 0.1) is 29.1 Å². The Labute approximate surface area is 185 Å². The highest BCUT2D eigenvalue weighted by Crippen LogP contribution is 2.35. The standard InChI is InChI=1S/C24H23N5O2S/c30-32(31)12-9-17(10-13-32)22-19-8-11-25-23(19)29-24(28-22)20(15-27-29)18-6-7-21(26-14-18)16-4-2-1-3-5-16/h2,4-8,11,14-15,17,25H,1,3,9-10,12-13H2. The average Bonchev–Trinajstić information content (AvgIpc) is 3.46. The van der Waals surface area contributed by atoms with Gasteiger partial charge in [-0.2, -0.15) is 9.61 Å². The Bertz CT molecular complexity index is 1480. The minimum Gasteiger partial charge on any atom is -0.346 e. The first-order valence-electron chi connectivity index (χ1n) is 11.0. The Morgan fingerprint density at radius 2 is 1.94 bits per heavy atom. The molecule has 0 atom stereocenters. The second-order valence-electron chi connectivity index (χ2n) is 8.53. The van der Waals surface area contributed by atoms with Crippen LogP contribution in [0.1, 0.15) is 43.0 Å². The zero-order valence-corrected chi connectivity index (χ0v) is 18.3. The van der Waals surface area contributed by atoms with Crippen LogP contribution in [0.15, 0.2) is 55.0 Å². The molecule has 0 amide bonds. The lowest BCUT2D eigenvalue weighted by molar-refractivity contribution is 0.546. The summed E-state index contributed by atoms with van der Waals surface area (Å²) in [5.74, 6) is 0.561. The highest BCUT2D eigenvalue weighted by atomic mass is 32.2. The molecule has 8 heteroatoms. The number of hydrogen-bond donors (Lipinski definition) is 1. The highest BCUT2D eigenvalue weighted by Gasteiger charge is 2.28. The van der Waals surface area contributed by atoms with Crippen LogP contribution in [0.3, 0.4) is 0 Å². The van der Waals surface area contributed by atoms with E-state index >= 15 is 0 Å². The Morgan fingerprint density at radius 3 is 2.69 bits per heavy atom. The maximum Gasteiger partial charge on any atom is 0.165 e. The third kappa shape index (κ3) is 3.26. The molecule has 0 bridgehead atoms. The number of sulfone groups is 1. The fourth-order valence-electron chi connectivity index (χ4n) is 4.74. The van der Waals surface area contributed by atoms with Crippen molar-refractivity contribution in [3.8, 4) is 11.1 Å². The molecule has 1 N–H and O–H groups in total. The van der Waals surface area contributed by atoms with E-state index in [-0.39, 0.29) is 17.4 Å². The van der Waals surface area contributed by atoms with Crippen molar-refractivity contribution in [1.82, 2.24) is 24.6 Å². The summed E-state index contributed by atoms with van der Waals surface area (Å²) in [6.07, 6.45) is 15.5. The largest absolute Gasteiger partial charge is 0.346 e. The molecule has 6 rings (SSSR count). The van der Waals surface area contributed by atoms with Gasteiger partial charge >= 0.3 is 0 Å². The van der Waals surface area contributed by atoms with Crippen LogP contribution >= 0.6 is 0 Å². The number of nitrogens with zero attached hydrogens (tertiary/aromatic N) is 4. The lowest BCUT2D eigenvalue weighted by atomic mass is 9.96. The van der Waals surface area contributed by atoms with Gasteiger partial charge in [0.25, 0.3) is 0 Å². The van der Waals surface area contributed by atoms with Gasteiger partial charge in [-0.05, 0) is 43.4 Å². The molecule has 4 aromatic rings. The van der Waals surface area contributed by atoms with Gasteiger partial charge in [0, 0.05) is 34.8 Å². The second-order valence-corrected chi connectivity index (χ2v) is 10.8. The Kier molecular flexibility index (Phi) is 4.50. The summed E-state index contributed by atoms with van der Waals surface area (Å²) in [5.41, 5.74) is 6.58. The van der Waals surface area contributed by atoms with E-state index < -0.39 is 9.84 Å². The summed E-state index contributed by atoms with van der Waals surface area (Å²) in [6.45, 7) is 0. The predicted octanol–water partition coefficient (Wildman–Crippen LogP) is 4.30. The third-order valence-electron chi connectivity index (χ3n) is 6.49. The summed E-state index contributed by atoms with van der Waals surface area (Å²) >= 11 is 0. The number of H-pyrrole nitrogens is 1. The molecule has 162 valence electrons. The van der Waals surface area contributed by atoms with E-state index in [1.54, 1.807) is 0 Å². The molecule has 7 nitrogen and oxygen atoms in total. The van der Waals surface area contributed by atoms with Crippen molar-refractivity contribution in [1.29, 1.82) is 0 Å². The van der Waals surface area contributed by atoms with E-state index in [1.165, 1.54) is 0 Å². The SMILES string of the molecule is O=S1(=O)CCC(c2nc3c(-c4ccc(C5=CCCC=C5)nc4)cnn3c3[nH]ccc23)CC1. The fourth-order valence-corrected chi connectivity index (χ4v) is 6.23. The van der Waals surface area contributed by atoms with Gasteiger partial charge in [-0.1, -0.05) is 24.3 Å². The fraction of sp³-hybridized carbons (Fsp3) is 0.292. The van der Waals surface area contributed by atoms with Crippen molar-refractivity contribution >= 4 is 32.1 Å². The lowest BCUT2D eigenvalue weighted by Crippen LogP contribution is -2.23. The lowest BCUT2D eigenvalue weighted by Gasteiger charge is -2.22. The van der Waals surface area contributed by atoms with Crippen LogP contribution in [0, 0.1) is 0 Å². The first kappa shape index (κ1) is 19.4. The van der Waals surface area contributed by atoms with Crippen molar-refractivity contribution in [2.24, 2.45) is 0 Å². The average molecular weight is 446 g/mol. The van der Waals surface area contributed by atoms with Crippen LogP contribution < -0.4 is 0 Å². The summed E-state index contributed by atoms with van der Waals surface area (Å²) in [5, 5.41) is 5.59. The number of pyridine rings is 1. The molecule has 0 aromatic carbocycles. The monoisotopic (exact) mass is 445 g/mol. The zero-order chi connectivity index (χ0) is 21.7. The van der Waals surface area contributed by atoms with Crippen LogP contribution in [-0.4, -0.2) is 44.5 Å². The molecular weight excluding hydrogens is 422 g/mol. The molecule has 32 heavy (non-hydrogen) atoms. The zero-order valence-electron chi connectivity index (χ0n) is 17.5. The Hall–Kier alpha value is -3.26. The van der Waals surface area contributed by atoms with E-state index in [4.69, 9.17) is 4.98 Å². The van der Waals surface area contributed by atoms with Crippen LogP contribution in [-0.2, 0) is 9.84 Å². The molecule has 4 aromatic heterocycles. The third-order valence-corrected chi connectivity index (χ3v) is 8.21. The van der Waals surface area contributed by atoms with Gasteiger partial charge in [0.1, 0.15) is 15.5 Å². The van der Waals surface area contributed by atoms with Gasteiger partial charge in [-0.15, -0.1) is 0 Å². The molecule has 1 aliphatic heterocycles. The van der Waals surface area contributed by atoms with E-state index in [0.29, 0.717) is 12.8 Å². The van der Waals surface area contributed by atoms with Crippen molar-refractivity contribution in [2.45, 2.75) is 31.6 Å². The number of allylic oxidation sites excluding steroid dienone is 4. The molecule has 1 aliphatic carbocycles. The van der Waals surface area contributed by atoms with Crippen molar-refractivity contribution in [3.63, 3.8) is 0 Å². The predicted molar refractivity (Wildman–Crippen MR) is 125 cm³/mol. The molecule has 1 fully saturated rings. The maximum absolute atomic E-state index is 11.9. The number of hydrogen-bond acceptors (Lipinski definition) is 5. The summed E-state index contributed by atoms with van der Waals surface area (Å²) < 4.78 is 25.7. The molecule has 2 aliphatic rings. The molecule has 0 radical (unpaired) electrons. The van der Waals surface area contributed by atoms with Gasteiger partial charge in [0.2, 0.25) is 0 Å². The number of fused-ring (bicyclic) bond motifs is 3. The number of aromatic nitrogens is 5. The van der Waals surface area contributed by atoms with E-state index in [2.05, 4.69) is 39.4 Å². The minimum atomic E-state index is -2.93.